The van der Waals surface area contributed by atoms with Gasteiger partial charge in [-0.2, -0.15) is 13.2 Å². The third-order valence-electron chi connectivity index (χ3n) is 4.49. The van der Waals surface area contributed by atoms with E-state index in [1.54, 1.807) is 30.6 Å². The number of unbranched alkanes of at least 4 members (excludes halogenated alkanes) is 1. The molecular formula is C21H22F3N3. The largest absolute Gasteiger partial charge is 0.393 e. The maximum absolute atomic E-state index is 12.8. The first-order chi connectivity index (χ1) is 13.0. The summed E-state index contributed by atoms with van der Waals surface area (Å²) in [5.74, 6) is 0.670. The lowest BCUT2D eigenvalue weighted by Gasteiger charge is -2.21. The van der Waals surface area contributed by atoms with Gasteiger partial charge >= 0.3 is 6.18 Å². The number of rotatable bonds is 7. The lowest BCUT2D eigenvalue weighted by Crippen LogP contribution is -2.13. The number of hydrogen-bond donors (Lipinski definition) is 0. The van der Waals surface area contributed by atoms with Gasteiger partial charge in [0.1, 0.15) is 5.82 Å². The van der Waals surface area contributed by atoms with Crippen molar-refractivity contribution in [3.05, 3.63) is 72.3 Å². The zero-order chi connectivity index (χ0) is 19.3. The van der Waals surface area contributed by atoms with Crippen LogP contribution in [0.3, 0.4) is 0 Å². The van der Waals surface area contributed by atoms with Crippen LogP contribution < -0.4 is 0 Å². The lowest BCUT2D eigenvalue weighted by molar-refractivity contribution is -0.127. The summed E-state index contributed by atoms with van der Waals surface area (Å²) >= 11 is 0. The smallest absolute Gasteiger partial charge is 0.323 e. The maximum Gasteiger partial charge on any atom is 0.393 e. The predicted octanol–water partition coefficient (Wildman–Crippen LogP) is 5.83. The Kier molecular flexibility index (Phi) is 5.94. The van der Waals surface area contributed by atoms with Crippen LogP contribution in [0.25, 0.3) is 11.4 Å². The molecule has 0 aliphatic rings. The predicted molar refractivity (Wildman–Crippen MR) is 99.3 cm³/mol. The van der Waals surface area contributed by atoms with Crippen LogP contribution in [0.4, 0.5) is 13.2 Å². The zero-order valence-corrected chi connectivity index (χ0v) is 15.2. The van der Waals surface area contributed by atoms with Crippen LogP contribution in [0, 0.1) is 0 Å². The van der Waals surface area contributed by atoms with Gasteiger partial charge in [-0.3, -0.25) is 4.98 Å². The topological polar surface area (TPSA) is 30.7 Å². The number of imidazole rings is 1. The molecule has 3 rings (SSSR count). The third kappa shape index (κ3) is 4.96. The summed E-state index contributed by atoms with van der Waals surface area (Å²) in [6.07, 6.45) is 4.98. The van der Waals surface area contributed by atoms with Crippen molar-refractivity contribution < 1.29 is 13.2 Å². The number of benzene rings is 1. The Hall–Kier alpha value is -2.63. The van der Waals surface area contributed by atoms with Crippen LogP contribution >= 0.6 is 0 Å². The molecule has 0 aliphatic heterocycles. The number of nitrogens with zero attached hydrogens (tertiary/aromatic N) is 3. The number of hydrogen-bond acceptors (Lipinski definition) is 2. The molecule has 0 fully saturated rings. The highest BCUT2D eigenvalue weighted by Crippen LogP contribution is 2.30. The summed E-state index contributed by atoms with van der Waals surface area (Å²) in [7, 11) is 0. The first kappa shape index (κ1) is 19.1. The second kappa shape index (κ2) is 8.37. The fourth-order valence-corrected chi connectivity index (χ4v) is 3.28. The Labute approximate surface area is 156 Å². The molecule has 27 heavy (non-hydrogen) atoms. The molecule has 0 N–H and O–H groups in total. The average Bonchev–Trinajstić information content (AvgIpc) is 3.11. The van der Waals surface area contributed by atoms with Gasteiger partial charge < -0.3 is 4.57 Å². The van der Waals surface area contributed by atoms with Crippen molar-refractivity contribution in [3.8, 4) is 11.4 Å². The zero-order valence-electron chi connectivity index (χ0n) is 15.2. The van der Waals surface area contributed by atoms with Gasteiger partial charge in [-0.05, 0) is 29.7 Å². The molecule has 0 aliphatic carbocycles. The van der Waals surface area contributed by atoms with Crippen LogP contribution in [0.1, 0.15) is 43.4 Å². The van der Waals surface area contributed by atoms with Gasteiger partial charge in [0, 0.05) is 30.4 Å². The summed E-state index contributed by atoms with van der Waals surface area (Å²) in [5.41, 5.74) is 1.99. The minimum atomic E-state index is -4.23. The van der Waals surface area contributed by atoms with Gasteiger partial charge in [0.05, 0.1) is 12.5 Å². The minimum Gasteiger partial charge on any atom is -0.323 e. The molecule has 142 valence electrons. The van der Waals surface area contributed by atoms with E-state index in [1.807, 2.05) is 29.1 Å². The van der Waals surface area contributed by atoms with Crippen molar-refractivity contribution in [3.63, 3.8) is 0 Å². The summed E-state index contributed by atoms with van der Waals surface area (Å²) in [6, 6.07) is 10.5. The number of pyridine rings is 1. The van der Waals surface area contributed by atoms with E-state index in [2.05, 4.69) is 16.9 Å². The highest BCUT2D eigenvalue weighted by molar-refractivity contribution is 5.57. The molecule has 2 heterocycles. The number of alkyl halides is 3. The Morgan fingerprint density at radius 3 is 2.67 bits per heavy atom. The second-order valence-electron chi connectivity index (χ2n) is 6.59. The van der Waals surface area contributed by atoms with Crippen molar-refractivity contribution >= 4 is 0 Å². The van der Waals surface area contributed by atoms with E-state index in [0.717, 1.165) is 24.8 Å². The lowest BCUT2D eigenvalue weighted by atomic mass is 10.0. The number of halogens is 3. The van der Waals surface area contributed by atoms with Gasteiger partial charge in [0.25, 0.3) is 0 Å². The van der Waals surface area contributed by atoms with Gasteiger partial charge in [-0.15, -0.1) is 0 Å². The highest BCUT2D eigenvalue weighted by atomic mass is 19.4. The van der Waals surface area contributed by atoms with E-state index in [0.29, 0.717) is 11.4 Å². The molecule has 0 bridgehead atoms. The molecule has 0 saturated heterocycles. The fourth-order valence-electron chi connectivity index (χ4n) is 3.28. The van der Waals surface area contributed by atoms with Crippen molar-refractivity contribution in [1.29, 1.82) is 0 Å². The third-order valence-corrected chi connectivity index (χ3v) is 4.49. The van der Waals surface area contributed by atoms with Crippen molar-refractivity contribution in [2.24, 2.45) is 0 Å². The Morgan fingerprint density at radius 2 is 1.96 bits per heavy atom. The standard InChI is InChI=1S/C21H22F3N3/c1-2-3-9-19(18-8-5-10-25-15-18)27-12-11-26-20(27)17-7-4-6-16(13-17)14-21(22,23)24/h4-8,10-13,15,19H,2-3,9,14H2,1H3. The Bertz CT molecular complexity index is 856. The fraction of sp³-hybridized carbons (Fsp3) is 0.333. The van der Waals surface area contributed by atoms with E-state index in [1.165, 1.54) is 6.07 Å². The van der Waals surface area contributed by atoms with E-state index < -0.39 is 12.6 Å². The molecule has 0 saturated carbocycles. The first-order valence-corrected chi connectivity index (χ1v) is 9.07. The molecule has 0 spiro atoms. The highest BCUT2D eigenvalue weighted by Gasteiger charge is 2.28. The molecule has 0 amide bonds. The molecule has 6 heteroatoms. The summed E-state index contributed by atoms with van der Waals surface area (Å²) in [6.45, 7) is 2.13. The van der Waals surface area contributed by atoms with Crippen LogP contribution in [0.5, 0.6) is 0 Å². The molecule has 0 radical (unpaired) electrons. The van der Waals surface area contributed by atoms with Crippen LogP contribution in [-0.4, -0.2) is 20.7 Å². The van der Waals surface area contributed by atoms with Gasteiger partial charge in [-0.1, -0.05) is 44.0 Å². The summed E-state index contributed by atoms with van der Waals surface area (Å²) in [5, 5.41) is 0. The molecule has 1 aromatic carbocycles. The minimum absolute atomic E-state index is 0.0439. The SMILES string of the molecule is CCCCC(c1cccnc1)n1ccnc1-c1cccc(CC(F)(F)F)c1. The molecule has 1 atom stereocenters. The molecule has 2 aromatic heterocycles. The van der Waals surface area contributed by atoms with Crippen LogP contribution in [0.15, 0.2) is 61.2 Å². The maximum atomic E-state index is 12.8. The van der Waals surface area contributed by atoms with E-state index in [9.17, 15) is 13.2 Å². The molecular weight excluding hydrogens is 351 g/mol. The second-order valence-corrected chi connectivity index (χ2v) is 6.59. The first-order valence-electron chi connectivity index (χ1n) is 9.07. The van der Waals surface area contributed by atoms with Crippen molar-refractivity contribution in [2.75, 3.05) is 0 Å². The number of aromatic nitrogens is 3. The Morgan fingerprint density at radius 1 is 1.11 bits per heavy atom. The van der Waals surface area contributed by atoms with Gasteiger partial charge in [0.2, 0.25) is 0 Å². The molecule has 1 unspecified atom stereocenters. The quantitative estimate of drug-likeness (QED) is 0.522. The molecule has 3 nitrogen and oxygen atoms in total. The van der Waals surface area contributed by atoms with Crippen LogP contribution in [0.2, 0.25) is 0 Å². The van der Waals surface area contributed by atoms with E-state index in [4.69, 9.17) is 0 Å². The van der Waals surface area contributed by atoms with Gasteiger partial charge in [-0.25, -0.2) is 4.98 Å². The monoisotopic (exact) mass is 373 g/mol. The van der Waals surface area contributed by atoms with Crippen molar-refractivity contribution in [2.45, 2.75) is 44.8 Å². The Balaban J connectivity index is 1.98. The average molecular weight is 373 g/mol. The van der Waals surface area contributed by atoms with E-state index in [-0.39, 0.29) is 11.6 Å². The summed E-state index contributed by atoms with van der Waals surface area (Å²) in [4.78, 5) is 8.66. The van der Waals surface area contributed by atoms with Crippen LogP contribution in [-0.2, 0) is 6.42 Å². The summed E-state index contributed by atoms with van der Waals surface area (Å²) < 4.78 is 40.3. The normalized spacial score (nSPS) is 12.9. The van der Waals surface area contributed by atoms with Crippen molar-refractivity contribution in [1.82, 2.24) is 14.5 Å². The van der Waals surface area contributed by atoms with Gasteiger partial charge in [0.15, 0.2) is 0 Å². The molecule has 3 aromatic rings. The van der Waals surface area contributed by atoms with E-state index >= 15 is 0 Å².